The van der Waals surface area contributed by atoms with Gasteiger partial charge >= 0.3 is 0 Å². The van der Waals surface area contributed by atoms with E-state index in [1.165, 1.54) is 17.1 Å². The Kier molecular flexibility index (Phi) is 5.26. The van der Waals surface area contributed by atoms with Gasteiger partial charge in [0.1, 0.15) is 0 Å². The lowest BCUT2D eigenvalue weighted by atomic mass is 10.0. The lowest BCUT2D eigenvalue weighted by Gasteiger charge is -2.07. The zero-order valence-corrected chi connectivity index (χ0v) is 10.8. The topological polar surface area (TPSA) is 38.9 Å². The van der Waals surface area contributed by atoms with Gasteiger partial charge in [-0.3, -0.25) is 0 Å². The molecule has 1 heterocycles. The lowest BCUT2D eigenvalue weighted by molar-refractivity contribution is 0.582. The number of hydrogen-bond acceptors (Lipinski definition) is 3. The van der Waals surface area contributed by atoms with Gasteiger partial charge in [0.05, 0.1) is 10.7 Å². The van der Waals surface area contributed by atoms with Crippen LogP contribution in [0.2, 0.25) is 0 Å². The van der Waals surface area contributed by atoms with Crippen molar-refractivity contribution in [2.45, 2.75) is 46.0 Å². The third-order valence-electron chi connectivity index (χ3n) is 2.70. The minimum Gasteiger partial charge on any atom is -0.330 e. The average Bonchev–Trinajstić information content (AvgIpc) is 2.65. The lowest BCUT2D eigenvalue weighted by Crippen LogP contribution is -2.11. The van der Waals surface area contributed by atoms with Gasteiger partial charge in [-0.15, -0.1) is 11.3 Å². The van der Waals surface area contributed by atoms with Crippen LogP contribution in [0.5, 0.6) is 0 Å². The van der Waals surface area contributed by atoms with Crippen LogP contribution in [-0.2, 0) is 6.42 Å². The Morgan fingerprint density at radius 1 is 1.47 bits per heavy atom. The molecule has 1 unspecified atom stereocenters. The second-order valence-corrected chi connectivity index (χ2v) is 5.38. The smallest absolute Gasteiger partial charge is 0.0928 e. The molecule has 0 spiro atoms. The van der Waals surface area contributed by atoms with Crippen LogP contribution in [-0.4, -0.2) is 11.5 Å². The Bertz CT molecular complexity index is 277. The van der Waals surface area contributed by atoms with Crippen molar-refractivity contribution in [1.82, 2.24) is 4.98 Å². The van der Waals surface area contributed by atoms with E-state index >= 15 is 0 Å². The first kappa shape index (κ1) is 12.7. The largest absolute Gasteiger partial charge is 0.330 e. The van der Waals surface area contributed by atoms with Crippen LogP contribution in [0.3, 0.4) is 0 Å². The molecule has 0 aromatic carbocycles. The van der Waals surface area contributed by atoms with E-state index in [1.54, 1.807) is 11.3 Å². The van der Waals surface area contributed by atoms with Crippen molar-refractivity contribution >= 4 is 11.3 Å². The summed E-state index contributed by atoms with van der Waals surface area (Å²) in [5.74, 6) is 1.21. The molecule has 2 N–H and O–H groups in total. The maximum atomic E-state index is 5.71. The summed E-state index contributed by atoms with van der Waals surface area (Å²) >= 11 is 1.78. The van der Waals surface area contributed by atoms with E-state index in [4.69, 9.17) is 5.73 Å². The summed E-state index contributed by atoms with van der Waals surface area (Å²) in [4.78, 5) is 4.66. The monoisotopic (exact) mass is 226 g/mol. The van der Waals surface area contributed by atoms with Crippen molar-refractivity contribution in [3.05, 3.63) is 16.1 Å². The molecule has 1 atom stereocenters. The van der Waals surface area contributed by atoms with Crippen molar-refractivity contribution in [3.8, 4) is 0 Å². The first-order valence-corrected chi connectivity index (χ1v) is 6.69. The highest BCUT2D eigenvalue weighted by Gasteiger charge is 2.11. The quantitative estimate of drug-likeness (QED) is 0.809. The molecule has 15 heavy (non-hydrogen) atoms. The molecule has 1 aromatic rings. The highest BCUT2D eigenvalue weighted by atomic mass is 32.1. The molecule has 0 aliphatic heterocycles. The second kappa shape index (κ2) is 6.23. The fraction of sp³-hybridized carbons (Fsp3) is 0.750. The molecule has 86 valence electrons. The van der Waals surface area contributed by atoms with Crippen LogP contribution in [0.4, 0.5) is 0 Å². The van der Waals surface area contributed by atoms with E-state index in [1.807, 2.05) is 0 Å². The molecule has 0 saturated heterocycles. The molecule has 3 heteroatoms. The van der Waals surface area contributed by atoms with Crippen molar-refractivity contribution in [2.75, 3.05) is 6.54 Å². The van der Waals surface area contributed by atoms with Crippen molar-refractivity contribution in [2.24, 2.45) is 11.7 Å². The van der Waals surface area contributed by atoms with E-state index in [0.717, 1.165) is 18.8 Å². The van der Waals surface area contributed by atoms with Gasteiger partial charge in [0.25, 0.3) is 0 Å². The van der Waals surface area contributed by atoms with E-state index in [2.05, 4.69) is 31.1 Å². The predicted octanol–water partition coefficient (Wildman–Crippen LogP) is 3.18. The van der Waals surface area contributed by atoms with Crippen LogP contribution in [0, 0.1) is 5.92 Å². The summed E-state index contributed by atoms with van der Waals surface area (Å²) in [6.07, 6.45) is 3.43. The van der Waals surface area contributed by atoms with Crippen LogP contribution in [0.25, 0.3) is 0 Å². The molecule has 0 aliphatic rings. The van der Waals surface area contributed by atoms with Gasteiger partial charge in [0, 0.05) is 17.8 Å². The molecule has 2 nitrogen and oxygen atoms in total. The molecule has 1 rings (SSSR count). The van der Waals surface area contributed by atoms with Crippen LogP contribution in [0.1, 0.15) is 50.2 Å². The van der Waals surface area contributed by atoms with Gasteiger partial charge in [-0.1, -0.05) is 20.8 Å². The third kappa shape index (κ3) is 3.92. The number of rotatable bonds is 6. The molecular formula is C12H22N2S. The molecule has 1 aromatic heterocycles. The maximum absolute atomic E-state index is 5.71. The van der Waals surface area contributed by atoms with Gasteiger partial charge in [-0.2, -0.15) is 0 Å². The van der Waals surface area contributed by atoms with Gasteiger partial charge < -0.3 is 5.73 Å². The SMILES string of the molecule is CCC(CN)c1csc(CCC(C)C)n1. The van der Waals surface area contributed by atoms with Crippen molar-refractivity contribution < 1.29 is 0 Å². The number of nitrogens with two attached hydrogens (primary N) is 1. The molecule has 0 aliphatic carbocycles. The maximum Gasteiger partial charge on any atom is 0.0928 e. The highest BCUT2D eigenvalue weighted by molar-refractivity contribution is 7.09. The minimum absolute atomic E-state index is 0.453. The minimum atomic E-state index is 0.453. The second-order valence-electron chi connectivity index (χ2n) is 4.44. The van der Waals surface area contributed by atoms with E-state index in [0.29, 0.717) is 12.5 Å². The van der Waals surface area contributed by atoms with Gasteiger partial charge in [-0.25, -0.2) is 4.98 Å². The normalized spacial score (nSPS) is 13.4. The van der Waals surface area contributed by atoms with E-state index in [-0.39, 0.29) is 0 Å². The number of aromatic nitrogens is 1. The van der Waals surface area contributed by atoms with Crippen LogP contribution in [0.15, 0.2) is 5.38 Å². The predicted molar refractivity (Wildman–Crippen MR) is 67.4 cm³/mol. The molecule has 0 fully saturated rings. The third-order valence-corrected chi connectivity index (χ3v) is 3.63. The highest BCUT2D eigenvalue weighted by Crippen LogP contribution is 2.22. The van der Waals surface area contributed by atoms with Crippen molar-refractivity contribution in [3.63, 3.8) is 0 Å². The zero-order chi connectivity index (χ0) is 11.3. The Morgan fingerprint density at radius 2 is 2.20 bits per heavy atom. The molecule has 0 amide bonds. The first-order chi connectivity index (χ1) is 7.17. The Morgan fingerprint density at radius 3 is 2.73 bits per heavy atom. The van der Waals surface area contributed by atoms with Crippen LogP contribution < -0.4 is 5.73 Å². The van der Waals surface area contributed by atoms with Gasteiger partial charge in [0.2, 0.25) is 0 Å². The fourth-order valence-electron chi connectivity index (χ4n) is 1.54. The Balaban J connectivity index is 2.55. The number of hydrogen-bond donors (Lipinski definition) is 1. The number of thiazole rings is 1. The first-order valence-electron chi connectivity index (χ1n) is 5.81. The standard InChI is InChI=1S/C12H22N2S/c1-4-10(7-13)11-8-15-12(14-11)6-5-9(2)3/h8-10H,4-7,13H2,1-3H3. The average molecular weight is 226 g/mol. The Hall–Kier alpha value is -0.410. The summed E-state index contributed by atoms with van der Waals surface area (Å²) in [6, 6.07) is 0. The fourth-order valence-corrected chi connectivity index (χ4v) is 2.43. The Labute approximate surface area is 96.9 Å². The summed E-state index contributed by atoms with van der Waals surface area (Å²) in [7, 11) is 0. The summed E-state index contributed by atoms with van der Waals surface area (Å²) in [5.41, 5.74) is 6.91. The molecule has 0 bridgehead atoms. The summed E-state index contributed by atoms with van der Waals surface area (Å²) in [6.45, 7) is 7.39. The number of nitrogens with zero attached hydrogens (tertiary/aromatic N) is 1. The zero-order valence-electron chi connectivity index (χ0n) is 9.99. The van der Waals surface area contributed by atoms with E-state index in [9.17, 15) is 0 Å². The van der Waals surface area contributed by atoms with Gasteiger partial charge in [-0.05, 0) is 25.2 Å². The van der Waals surface area contributed by atoms with E-state index < -0.39 is 0 Å². The van der Waals surface area contributed by atoms with Gasteiger partial charge in [0.15, 0.2) is 0 Å². The number of aryl methyl sites for hydroxylation is 1. The molecule has 0 radical (unpaired) electrons. The summed E-state index contributed by atoms with van der Waals surface area (Å²) in [5, 5.41) is 3.45. The summed E-state index contributed by atoms with van der Waals surface area (Å²) < 4.78 is 0. The van der Waals surface area contributed by atoms with Crippen LogP contribution >= 0.6 is 11.3 Å². The molecule has 0 saturated carbocycles. The van der Waals surface area contributed by atoms with Crippen molar-refractivity contribution in [1.29, 1.82) is 0 Å². The molecular weight excluding hydrogens is 204 g/mol.